The number of carboxylic acids is 1. The molecule has 1 saturated carbocycles. The summed E-state index contributed by atoms with van der Waals surface area (Å²) < 4.78 is 52.6. The lowest BCUT2D eigenvalue weighted by molar-refractivity contribution is -0.153. The van der Waals surface area contributed by atoms with Gasteiger partial charge in [-0.3, -0.25) is 5.10 Å². The van der Waals surface area contributed by atoms with E-state index in [-0.39, 0.29) is 30.5 Å². The molecule has 2 fully saturated rings. The van der Waals surface area contributed by atoms with Crippen LogP contribution in [0.1, 0.15) is 61.6 Å². The Morgan fingerprint density at radius 1 is 1.08 bits per heavy atom. The Morgan fingerprint density at radius 2 is 1.78 bits per heavy atom. The van der Waals surface area contributed by atoms with E-state index in [4.69, 9.17) is 4.74 Å². The third-order valence-corrected chi connectivity index (χ3v) is 7.95. The minimum absolute atomic E-state index is 0.0543. The summed E-state index contributed by atoms with van der Waals surface area (Å²) in [5.74, 6) is -2.40. The van der Waals surface area contributed by atoms with Crippen molar-refractivity contribution in [1.82, 2.24) is 14.8 Å². The largest absolute Gasteiger partial charge is 0.479 e. The molecule has 0 atom stereocenters. The number of rotatable bonds is 4. The number of alkyl halides is 1. The van der Waals surface area contributed by atoms with E-state index in [2.05, 4.69) is 10.2 Å². The van der Waals surface area contributed by atoms with Crippen LogP contribution in [0.25, 0.3) is 27.5 Å². The van der Waals surface area contributed by atoms with Crippen molar-refractivity contribution in [3.63, 3.8) is 0 Å². The summed E-state index contributed by atoms with van der Waals surface area (Å²) in [6.07, 6.45) is 3.37. The average Bonchev–Trinajstić information content (AvgIpc) is 3.49. The lowest BCUT2D eigenvalue weighted by atomic mass is 9.75. The Labute approximate surface area is 205 Å². The number of benzene rings is 2. The molecule has 2 aliphatic rings. The summed E-state index contributed by atoms with van der Waals surface area (Å²) in [4.78, 5) is 11.5. The minimum atomic E-state index is -2.26. The van der Waals surface area contributed by atoms with Crippen LogP contribution < -0.4 is 0 Å². The molecule has 6 rings (SSSR count). The first kappa shape index (κ1) is 23.1. The maximum atomic E-state index is 16.2. The maximum Gasteiger partial charge on any atom is 0.341 e. The van der Waals surface area contributed by atoms with E-state index in [1.54, 1.807) is 18.3 Å². The van der Waals surface area contributed by atoms with Crippen LogP contribution in [-0.4, -0.2) is 44.7 Å². The SMILES string of the molecule is O=C(O)[C@]1(F)CC[C@@H](c2c(C3CCOCC3)n(-c3ccc(F)cc3)c3cc4cn[nH]c4c(F)c32)CC1. The molecule has 0 radical (unpaired) electrons. The second-order valence-corrected chi connectivity index (χ2v) is 9.96. The van der Waals surface area contributed by atoms with Crippen molar-refractivity contribution >= 4 is 27.8 Å². The maximum absolute atomic E-state index is 16.2. The molecule has 4 aromatic rings. The number of aromatic nitrogens is 3. The van der Waals surface area contributed by atoms with Gasteiger partial charge < -0.3 is 14.4 Å². The second kappa shape index (κ2) is 8.65. The van der Waals surface area contributed by atoms with Crippen molar-refractivity contribution in [3.05, 3.63) is 59.4 Å². The predicted molar refractivity (Wildman–Crippen MR) is 128 cm³/mol. The van der Waals surface area contributed by atoms with Gasteiger partial charge in [0.05, 0.1) is 11.7 Å². The molecule has 2 N–H and O–H groups in total. The Kier molecular flexibility index (Phi) is 5.55. The smallest absolute Gasteiger partial charge is 0.341 e. The monoisotopic (exact) mass is 497 g/mol. The molecule has 0 unspecified atom stereocenters. The van der Waals surface area contributed by atoms with Gasteiger partial charge in [0, 0.05) is 41.3 Å². The standard InChI is InChI=1S/C27H26F3N3O3/c28-18-1-3-19(4-2-18)33-20-13-17-14-31-32-24(17)23(29)22(20)21(25(33)16-7-11-36-12-8-16)15-5-9-27(30,10-6-15)26(34)35/h1-4,13-16H,5-12H2,(H,31,32)(H,34,35)/t15-,27+. The summed E-state index contributed by atoms with van der Waals surface area (Å²) >= 11 is 0. The zero-order chi connectivity index (χ0) is 25.0. The van der Waals surface area contributed by atoms with Crippen LogP contribution in [0.15, 0.2) is 36.5 Å². The van der Waals surface area contributed by atoms with E-state index in [0.717, 1.165) is 24.1 Å². The van der Waals surface area contributed by atoms with Gasteiger partial charge in [0.1, 0.15) is 11.3 Å². The molecule has 0 amide bonds. The molecule has 9 heteroatoms. The molecule has 2 aromatic carbocycles. The molecule has 6 nitrogen and oxygen atoms in total. The lowest BCUT2D eigenvalue weighted by Crippen LogP contribution is -2.37. The van der Waals surface area contributed by atoms with Crippen molar-refractivity contribution in [2.24, 2.45) is 0 Å². The highest BCUT2D eigenvalue weighted by atomic mass is 19.1. The number of fused-ring (bicyclic) bond motifs is 2. The first-order chi connectivity index (χ1) is 17.4. The highest BCUT2D eigenvalue weighted by Crippen LogP contribution is 2.49. The minimum Gasteiger partial charge on any atom is -0.479 e. The number of carbonyl (C=O) groups is 1. The number of hydrogen-bond acceptors (Lipinski definition) is 3. The lowest BCUT2D eigenvalue weighted by Gasteiger charge is -2.33. The van der Waals surface area contributed by atoms with Crippen LogP contribution in [-0.2, 0) is 9.53 Å². The van der Waals surface area contributed by atoms with Crippen LogP contribution >= 0.6 is 0 Å². The number of aromatic amines is 1. The zero-order valence-electron chi connectivity index (χ0n) is 19.6. The molecule has 2 aromatic heterocycles. The van der Waals surface area contributed by atoms with Crippen molar-refractivity contribution < 1.29 is 27.8 Å². The van der Waals surface area contributed by atoms with Crippen LogP contribution in [0.3, 0.4) is 0 Å². The van der Waals surface area contributed by atoms with Gasteiger partial charge in [0.25, 0.3) is 0 Å². The van der Waals surface area contributed by atoms with E-state index in [0.29, 0.717) is 53.5 Å². The Morgan fingerprint density at radius 3 is 2.44 bits per heavy atom. The van der Waals surface area contributed by atoms with Crippen molar-refractivity contribution in [2.75, 3.05) is 13.2 Å². The first-order valence-electron chi connectivity index (χ1n) is 12.3. The summed E-state index contributed by atoms with van der Waals surface area (Å²) in [5, 5.41) is 17.2. The molecule has 0 bridgehead atoms. The van der Waals surface area contributed by atoms with Crippen molar-refractivity contribution in [3.8, 4) is 5.69 Å². The van der Waals surface area contributed by atoms with Gasteiger partial charge in [-0.15, -0.1) is 0 Å². The number of nitrogens with zero attached hydrogens (tertiary/aromatic N) is 2. The van der Waals surface area contributed by atoms with Gasteiger partial charge in [-0.05, 0) is 80.3 Å². The van der Waals surface area contributed by atoms with E-state index in [1.807, 2.05) is 10.6 Å². The number of carboxylic acid groups (broad SMARTS) is 1. The fraction of sp³-hybridized carbons (Fsp3) is 0.407. The zero-order valence-corrected chi connectivity index (χ0v) is 19.6. The topological polar surface area (TPSA) is 80.1 Å². The van der Waals surface area contributed by atoms with Gasteiger partial charge in [-0.1, -0.05) is 0 Å². The molecule has 36 heavy (non-hydrogen) atoms. The average molecular weight is 498 g/mol. The van der Waals surface area contributed by atoms with Crippen LogP contribution in [0.2, 0.25) is 0 Å². The van der Waals surface area contributed by atoms with E-state index in [1.165, 1.54) is 12.1 Å². The van der Waals surface area contributed by atoms with Gasteiger partial charge in [-0.2, -0.15) is 5.10 Å². The number of ether oxygens (including phenoxy) is 1. The second-order valence-electron chi connectivity index (χ2n) is 9.96. The van der Waals surface area contributed by atoms with E-state index in [9.17, 15) is 18.7 Å². The number of aliphatic carboxylic acids is 1. The normalized spacial score (nSPS) is 23.5. The fourth-order valence-corrected chi connectivity index (χ4v) is 6.08. The van der Waals surface area contributed by atoms with Gasteiger partial charge in [0.15, 0.2) is 5.82 Å². The van der Waals surface area contributed by atoms with Crippen LogP contribution in [0, 0.1) is 11.6 Å². The molecule has 188 valence electrons. The molecule has 3 heterocycles. The summed E-state index contributed by atoms with van der Waals surface area (Å²) in [6, 6.07) is 8.00. The van der Waals surface area contributed by atoms with Crippen molar-refractivity contribution in [1.29, 1.82) is 0 Å². The highest BCUT2D eigenvalue weighted by Gasteiger charge is 2.44. The molecule has 1 saturated heterocycles. The summed E-state index contributed by atoms with van der Waals surface area (Å²) in [6.45, 7) is 1.14. The molecule has 0 spiro atoms. The third kappa shape index (κ3) is 3.59. The number of hydrogen-bond donors (Lipinski definition) is 2. The number of H-pyrrole nitrogens is 1. The van der Waals surface area contributed by atoms with E-state index >= 15 is 4.39 Å². The molecule has 1 aliphatic carbocycles. The quantitative estimate of drug-likeness (QED) is 0.356. The third-order valence-electron chi connectivity index (χ3n) is 7.95. The van der Waals surface area contributed by atoms with Gasteiger partial charge in [-0.25, -0.2) is 18.0 Å². The Hall–Kier alpha value is -3.33. The number of halogens is 3. The van der Waals surface area contributed by atoms with Gasteiger partial charge >= 0.3 is 5.97 Å². The number of nitrogens with one attached hydrogen (secondary N) is 1. The molecular formula is C27H26F3N3O3. The summed E-state index contributed by atoms with van der Waals surface area (Å²) in [7, 11) is 0. The molecule has 1 aliphatic heterocycles. The van der Waals surface area contributed by atoms with E-state index < -0.39 is 17.5 Å². The van der Waals surface area contributed by atoms with Crippen LogP contribution in [0.5, 0.6) is 0 Å². The highest BCUT2D eigenvalue weighted by molar-refractivity contribution is 6.00. The van der Waals surface area contributed by atoms with Gasteiger partial charge in [0.2, 0.25) is 5.67 Å². The van der Waals surface area contributed by atoms with Crippen LogP contribution in [0.4, 0.5) is 13.2 Å². The fourth-order valence-electron chi connectivity index (χ4n) is 6.08. The predicted octanol–water partition coefficient (Wildman–Crippen LogP) is 6.13. The first-order valence-corrected chi connectivity index (χ1v) is 12.3. The molecular weight excluding hydrogens is 471 g/mol. The Balaban J connectivity index is 1.64. The van der Waals surface area contributed by atoms with Crippen molar-refractivity contribution in [2.45, 2.75) is 56.0 Å². The summed E-state index contributed by atoms with van der Waals surface area (Å²) in [5.41, 5.74) is 1.09. The Bertz CT molecular complexity index is 1450.